The van der Waals surface area contributed by atoms with Crippen molar-refractivity contribution in [3.8, 4) is 11.4 Å². The van der Waals surface area contributed by atoms with E-state index in [9.17, 15) is 9.59 Å². The summed E-state index contributed by atoms with van der Waals surface area (Å²) < 4.78 is 5.31. The molecule has 9 heteroatoms. The molecule has 1 aliphatic heterocycles. The van der Waals surface area contributed by atoms with Gasteiger partial charge in [0, 0.05) is 29.1 Å². The molecule has 1 N–H and O–H groups in total. The number of hydrogen-bond donors (Lipinski definition) is 1. The number of halogens is 1. The Bertz CT molecular complexity index is 1080. The fourth-order valence-electron chi connectivity index (χ4n) is 2.83. The molecule has 0 bridgehead atoms. The molecule has 1 aromatic heterocycles. The first-order valence-corrected chi connectivity index (χ1v) is 9.29. The van der Waals surface area contributed by atoms with E-state index in [4.69, 9.17) is 16.1 Å². The number of carbonyl (C=O) groups is 2. The van der Waals surface area contributed by atoms with Crippen molar-refractivity contribution < 1.29 is 14.1 Å². The SMILES string of the molecule is O=C(CN1N=C(c2nc(-c3ccccc3)no2)CCC1=O)Nc1cccc(Cl)c1. The highest BCUT2D eigenvalue weighted by molar-refractivity contribution is 6.30. The third-order valence-corrected chi connectivity index (χ3v) is 4.45. The van der Waals surface area contributed by atoms with Gasteiger partial charge in [-0.25, -0.2) is 5.01 Å². The molecule has 2 amide bonds. The van der Waals surface area contributed by atoms with Crippen LogP contribution in [0.1, 0.15) is 18.7 Å². The largest absolute Gasteiger partial charge is 0.332 e. The summed E-state index contributed by atoms with van der Waals surface area (Å²) in [5, 5.41) is 12.5. The van der Waals surface area contributed by atoms with Crippen LogP contribution in [0.15, 0.2) is 64.2 Å². The van der Waals surface area contributed by atoms with Crippen molar-refractivity contribution in [3.05, 3.63) is 65.5 Å². The summed E-state index contributed by atoms with van der Waals surface area (Å²) in [6.45, 7) is -0.228. The molecular weight excluding hydrogens is 394 g/mol. The lowest BCUT2D eigenvalue weighted by Crippen LogP contribution is -2.38. The third kappa shape index (κ3) is 4.49. The lowest BCUT2D eigenvalue weighted by atomic mass is 10.1. The van der Waals surface area contributed by atoms with Crippen LogP contribution in [0, 0.1) is 0 Å². The summed E-state index contributed by atoms with van der Waals surface area (Å²) in [6, 6.07) is 16.1. The Hall–Kier alpha value is -3.52. The summed E-state index contributed by atoms with van der Waals surface area (Å²) in [7, 11) is 0. The second-order valence-corrected chi connectivity index (χ2v) is 6.78. The van der Waals surface area contributed by atoms with Gasteiger partial charge in [-0.2, -0.15) is 10.1 Å². The van der Waals surface area contributed by atoms with E-state index in [1.807, 2.05) is 30.3 Å². The van der Waals surface area contributed by atoms with Gasteiger partial charge in [-0.05, 0) is 18.2 Å². The van der Waals surface area contributed by atoms with Crippen molar-refractivity contribution >= 4 is 34.8 Å². The van der Waals surface area contributed by atoms with Gasteiger partial charge in [0.15, 0.2) is 0 Å². The van der Waals surface area contributed by atoms with Crippen LogP contribution in [0.4, 0.5) is 5.69 Å². The van der Waals surface area contributed by atoms with Gasteiger partial charge in [0.05, 0.1) is 0 Å². The zero-order chi connectivity index (χ0) is 20.2. The highest BCUT2D eigenvalue weighted by atomic mass is 35.5. The number of rotatable bonds is 5. The first-order chi connectivity index (χ1) is 14.1. The summed E-state index contributed by atoms with van der Waals surface area (Å²) in [6.07, 6.45) is 0.563. The predicted octanol–water partition coefficient (Wildman–Crippen LogP) is 3.36. The molecule has 0 saturated carbocycles. The van der Waals surface area contributed by atoms with Crippen molar-refractivity contribution in [1.82, 2.24) is 15.1 Å². The highest BCUT2D eigenvalue weighted by Gasteiger charge is 2.26. The van der Waals surface area contributed by atoms with E-state index in [0.717, 1.165) is 10.6 Å². The van der Waals surface area contributed by atoms with Gasteiger partial charge in [0.2, 0.25) is 17.6 Å². The first kappa shape index (κ1) is 18.8. The maximum Gasteiger partial charge on any atom is 0.274 e. The Labute approximate surface area is 171 Å². The molecule has 3 aromatic rings. The number of amides is 2. The monoisotopic (exact) mass is 409 g/mol. The molecular formula is C20H16ClN5O3. The molecule has 4 rings (SSSR count). The Morgan fingerprint density at radius 3 is 2.76 bits per heavy atom. The molecule has 0 atom stereocenters. The average Bonchev–Trinajstić information content (AvgIpc) is 3.20. The first-order valence-electron chi connectivity index (χ1n) is 8.91. The van der Waals surface area contributed by atoms with Crippen LogP contribution in [0.25, 0.3) is 11.4 Å². The van der Waals surface area contributed by atoms with Crippen LogP contribution in [0.3, 0.4) is 0 Å². The van der Waals surface area contributed by atoms with Crippen molar-refractivity contribution in [1.29, 1.82) is 0 Å². The van der Waals surface area contributed by atoms with E-state index in [0.29, 0.717) is 28.7 Å². The van der Waals surface area contributed by atoms with Gasteiger partial charge >= 0.3 is 0 Å². The molecule has 29 heavy (non-hydrogen) atoms. The highest BCUT2D eigenvalue weighted by Crippen LogP contribution is 2.19. The number of hydrogen-bond acceptors (Lipinski definition) is 6. The van der Waals surface area contributed by atoms with Crippen LogP contribution in [-0.4, -0.2) is 39.2 Å². The lowest BCUT2D eigenvalue weighted by Gasteiger charge is -2.21. The van der Waals surface area contributed by atoms with Crippen molar-refractivity contribution in [2.45, 2.75) is 12.8 Å². The van der Waals surface area contributed by atoms with Gasteiger partial charge < -0.3 is 9.84 Å². The predicted molar refractivity (Wildman–Crippen MR) is 107 cm³/mol. The second kappa shape index (κ2) is 8.24. The Morgan fingerprint density at radius 1 is 1.14 bits per heavy atom. The number of aromatic nitrogens is 2. The van der Waals surface area contributed by atoms with Crippen molar-refractivity contribution in [2.24, 2.45) is 5.10 Å². The molecule has 0 spiro atoms. The summed E-state index contributed by atoms with van der Waals surface area (Å²) >= 11 is 5.92. The fraction of sp³-hybridized carbons (Fsp3) is 0.150. The molecule has 0 saturated heterocycles. The van der Waals surface area contributed by atoms with E-state index in [2.05, 4.69) is 20.6 Å². The quantitative estimate of drug-likeness (QED) is 0.696. The molecule has 8 nitrogen and oxygen atoms in total. The average molecular weight is 410 g/mol. The third-order valence-electron chi connectivity index (χ3n) is 4.21. The molecule has 2 aromatic carbocycles. The van der Waals surface area contributed by atoms with Crippen LogP contribution in [0.5, 0.6) is 0 Å². The number of benzene rings is 2. The number of nitrogens with one attached hydrogen (secondary N) is 1. The van der Waals surface area contributed by atoms with Crippen molar-refractivity contribution in [3.63, 3.8) is 0 Å². The molecule has 0 fully saturated rings. The van der Waals surface area contributed by atoms with Crippen LogP contribution >= 0.6 is 11.6 Å². The van der Waals surface area contributed by atoms with E-state index in [-0.39, 0.29) is 30.7 Å². The van der Waals surface area contributed by atoms with Gasteiger partial charge in [0.1, 0.15) is 12.3 Å². The van der Waals surface area contributed by atoms with Crippen LogP contribution in [0.2, 0.25) is 5.02 Å². The van der Waals surface area contributed by atoms with Gasteiger partial charge in [-0.15, -0.1) is 0 Å². The van der Waals surface area contributed by atoms with Gasteiger partial charge in [-0.3, -0.25) is 9.59 Å². The summed E-state index contributed by atoms with van der Waals surface area (Å²) in [5.41, 5.74) is 1.82. The van der Waals surface area contributed by atoms with Crippen LogP contribution < -0.4 is 5.32 Å². The van der Waals surface area contributed by atoms with E-state index >= 15 is 0 Å². The number of anilines is 1. The van der Waals surface area contributed by atoms with E-state index in [1.165, 1.54) is 0 Å². The zero-order valence-corrected chi connectivity index (χ0v) is 16.0. The molecule has 0 aliphatic carbocycles. The van der Waals surface area contributed by atoms with Crippen molar-refractivity contribution in [2.75, 3.05) is 11.9 Å². The summed E-state index contributed by atoms with van der Waals surface area (Å²) in [4.78, 5) is 28.9. The van der Waals surface area contributed by atoms with Gasteiger partial charge in [-0.1, -0.05) is 53.2 Å². The molecule has 0 radical (unpaired) electrons. The zero-order valence-electron chi connectivity index (χ0n) is 15.2. The van der Waals surface area contributed by atoms with Gasteiger partial charge in [0.25, 0.3) is 5.89 Å². The Kier molecular flexibility index (Phi) is 5.35. The second-order valence-electron chi connectivity index (χ2n) is 6.35. The van der Waals surface area contributed by atoms with E-state index < -0.39 is 0 Å². The molecule has 146 valence electrons. The topological polar surface area (TPSA) is 101 Å². The molecule has 2 heterocycles. The lowest BCUT2D eigenvalue weighted by molar-refractivity contribution is -0.135. The smallest absolute Gasteiger partial charge is 0.274 e. The van der Waals surface area contributed by atoms with Crippen LogP contribution in [-0.2, 0) is 9.59 Å². The number of hydrazone groups is 1. The minimum atomic E-state index is -0.388. The maximum atomic E-state index is 12.3. The minimum absolute atomic E-state index is 0.201. The van der Waals surface area contributed by atoms with E-state index in [1.54, 1.807) is 24.3 Å². The Morgan fingerprint density at radius 2 is 1.97 bits per heavy atom. The number of nitrogens with zero attached hydrogens (tertiary/aromatic N) is 4. The maximum absolute atomic E-state index is 12.3. The standard InChI is InChI=1S/C20H16ClN5O3/c21-14-7-4-8-15(11-14)22-17(27)12-26-18(28)10-9-16(24-26)20-23-19(25-29-20)13-5-2-1-3-6-13/h1-8,11H,9-10,12H2,(H,22,27). The normalized spacial score (nSPS) is 13.9. The molecule has 1 aliphatic rings. The number of carbonyl (C=O) groups excluding carboxylic acids is 2. The Balaban J connectivity index is 1.48. The summed E-state index contributed by atoms with van der Waals surface area (Å²) in [5.74, 6) is 0.0287. The minimum Gasteiger partial charge on any atom is -0.332 e. The fourth-order valence-corrected chi connectivity index (χ4v) is 3.02. The molecule has 0 unspecified atom stereocenters.